The number of sulfone groups is 1. The Labute approximate surface area is 195 Å². The number of nitrogens with one attached hydrogen (secondary N) is 1. The Bertz CT molecular complexity index is 1390. The first-order valence-electron chi connectivity index (χ1n) is 9.62. The normalized spacial score (nSPS) is 12.4. The maximum absolute atomic E-state index is 13.6. The van der Waals surface area contributed by atoms with Crippen molar-refractivity contribution in [2.24, 2.45) is 0 Å². The van der Waals surface area contributed by atoms with Gasteiger partial charge in [0.2, 0.25) is 19.9 Å². The maximum Gasteiger partial charge on any atom is 0.417 e. The smallest absolute Gasteiger partial charge is 0.417 e. The van der Waals surface area contributed by atoms with Crippen LogP contribution in [0.1, 0.15) is 11.1 Å². The highest BCUT2D eigenvalue weighted by Gasteiger charge is 2.38. The number of methoxy groups -OCH3 is 2. The number of hydrogen-bond acceptors (Lipinski definition) is 6. The number of hydrogen-bond donors (Lipinski definition) is 1. The molecule has 0 radical (unpaired) electrons. The molecule has 3 rings (SSSR count). The van der Waals surface area contributed by atoms with Crippen LogP contribution in [0.15, 0.2) is 81.4 Å². The van der Waals surface area contributed by atoms with Gasteiger partial charge in [-0.2, -0.15) is 13.2 Å². The van der Waals surface area contributed by atoms with E-state index in [9.17, 15) is 30.0 Å². The highest BCUT2D eigenvalue weighted by atomic mass is 32.2. The van der Waals surface area contributed by atoms with Crippen LogP contribution in [0.3, 0.4) is 0 Å². The number of benzene rings is 3. The van der Waals surface area contributed by atoms with Crippen LogP contribution < -0.4 is 14.2 Å². The molecular weight excluding hydrogens is 495 g/mol. The molecule has 0 aliphatic rings. The molecule has 0 aromatic heterocycles. The van der Waals surface area contributed by atoms with Gasteiger partial charge in [-0.05, 0) is 36.4 Å². The topological polar surface area (TPSA) is 98.8 Å². The minimum atomic E-state index is -5.04. The summed E-state index contributed by atoms with van der Waals surface area (Å²) in [6.45, 7) is -0.414. The molecule has 0 bridgehead atoms. The number of sulfonamides is 1. The van der Waals surface area contributed by atoms with E-state index in [1.165, 1.54) is 56.7 Å². The van der Waals surface area contributed by atoms with Crippen molar-refractivity contribution in [1.29, 1.82) is 0 Å². The van der Waals surface area contributed by atoms with E-state index in [0.717, 1.165) is 6.07 Å². The van der Waals surface area contributed by atoms with Crippen LogP contribution in [0.4, 0.5) is 13.2 Å². The number of ether oxygens (including phenoxy) is 2. The van der Waals surface area contributed by atoms with Crippen LogP contribution in [0.2, 0.25) is 0 Å². The molecule has 0 spiro atoms. The monoisotopic (exact) mass is 515 g/mol. The van der Waals surface area contributed by atoms with Gasteiger partial charge in [0.25, 0.3) is 0 Å². The van der Waals surface area contributed by atoms with Crippen LogP contribution in [-0.4, -0.2) is 31.1 Å². The lowest BCUT2D eigenvalue weighted by Gasteiger charge is -2.16. The molecule has 3 aromatic rings. The largest absolute Gasteiger partial charge is 0.497 e. The van der Waals surface area contributed by atoms with Crippen molar-refractivity contribution in [2.45, 2.75) is 27.4 Å². The van der Waals surface area contributed by atoms with E-state index in [-0.39, 0.29) is 10.6 Å². The highest BCUT2D eigenvalue weighted by Crippen LogP contribution is 2.36. The lowest BCUT2D eigenvalue weighted by atomic mass is 10.2. The Morgan fingerprint density at radius 1 is 0.824 bits per heavy atom. The second-order valence-corrected chi connectivity index (χ2v) is 10.7. The SMILES string of the molecule is COc1ccc(CNS(=O)(=O)c2cc(S(=O)(=O)c3ccccc3)ccc2C(F)(F)F)c(OC)c1. The predicted molar refractivity (Wildman–Crippen MR) is 117 cm³/mol. The maximum atomic E-state index is 13.6. The van der Waals surface area contributed by atoms with Crippen molar-refractivity contribution < 1.29 is 39.5 Å². The van der Waals surface area contributed by atoms with Gasteiger partial charge in [0, 0.05) is 18.2 Å². The van der Waals surface area contributed by atoms with E-state index in [4.69, 9.17) is 9.47 Å². The van der Waals surface area contributed by atoms with Crippen molar-refractivity contribution in [2.75, 3.05) is 14.2 Å². The third-order valence-corrected chi connectivity index (χ3v) is 8.07. The Balaban J connectivity index is 2.05. The van der Waals surface area contributed by atoms with Crippen molar-refractivity contribution >= 4 is 19.9 Å². The second-order valence-electron chi connectivity index (χ2n) is 6.97. The fraction of sp³-hybridized carbons (Fsp3) is 0.182. The fourth-order valence-corrected chi connectivity index (χ4v) is 5.75. The van der Waals surface area contributed by atoms with Gasteiger partial charge in [0.05, 0.1) is 34.5 Å². The second kappa shape index (κ2) is 9.65. The van der Waals surface area contributed by atoms with Gasteiger partial charge in [0.15, 0.2) is 0 Å². The van der Waals surface area contributed by atoms with Gasteiger partial charge in [-0.3, -0.25) is 0 Å². The minimum absolute atomic E-state index is 0.186. The average Bonchev–Trinajstić information content (AvgIpc) is 2.82. The first kappa shape index (κ1) is 25.5. The molecule has 0 fully saturated rings. The zero-order valence-corrected chi connectivity index (χ0v) is 19.6. The number of rotatable bonds is 8. The molecule has 0 aliphatic carbocycles. The zero-order valence-electron chi connectivity index (χ0n) is 18.0. The van der Waals surface area contributed by atoms with Crippen LogP contribution >= 0.6 is 0 Å². The summed E-state index contributed by atoms with van der Waals surface area (Å²) < 4.78 is 105. The summed E-state index contributed by atoms with van der Waals surface area (Å²) in [5, 5.41) is 0. The average molecular weight is 516 g/mol. The van der Waals surface area contributed by atoms with Crippen molar-refractivity contribution in [3.05, 3.63) is 77.9 Å². The van der Waals surface area contributed by atoms with Crippen molar-refractivity contribution in [3.63, 3.8) is 0 Å². The predicted octanol–water partition coefficient (Wildman–Crippen LogP) is 4.03. The molecule has 3 aromatic carbocycles. The summed E-state index contributed by atoms with van der Waals surface area (Å²) in [7, 11) is -6.30. The molecule has 34 heavy (non-hydrogen) atoms. The molecule has 0 atom stereocenters. The molecule has 0 aliphatic heterocycles. The van der Waals surface area contributed by atoms with E-state index in [1.807, 2.05) is 0 Å². The first-order chi connectivity index (χ1) is 15.9. The molecule has 7 nitrogen and oxygen atoms in total. The Morgan fingerprint density at radius 2 is 1.50 bits per heavy atom. The van der Waals surface area contributed by atoms with Crippen LogP contribution in [0, 0.1) is 0 Å². The molecule has 12 heteroatoms. The van der Waals surface area contributed by atoms with E-state index in [1.54, 1.807) is 6.07 Å². The summed E-state index contributed by atoms with van der Waals surface area (Å²) >= 11 is 0. The van der Waals surface area contributed by atoms with E-state index in [2.05, 4.69) is 4.72 Å². The lowest BCUT2D eigenvalue weighted by Crippen LogP contribution is -2.26. The highest BCUT2D eigenvalue weighted by molar-refractivity contribution is 7.91. The van der Waals surface area contributed by atoms with E-state index in [0.29, 0.717) is 23.4 Å². The summed E-state index contributed by atoms with van der Waals surface area (Å²) in [6.07, 6.45) is -5.04. The molecule has 182 valence electrons. The lowest BCUT2D eigenvalue weighted by molar-refractivity contribution is -0.139. The first-order valence-corrected chi connectivity index (χ1v) is 12.6. The van der Waals surface area contributed by atoms with Gasteiger partial charge >= 0.3 is 6.18 Å². The Hall–Kier alpha value is -3.09. The molecule has 0 saturated heterocycles. The summed E-state index contributed by atoms with van der Waals surface area (Å²) in [5.41, 5.74) is -1.16. The van der Waals surface area contributed by atoms with Gasteiger partial charge in [-0.1, -0.05) is 24.3 Å². The Morgan fingerprint density at radius 3 is 2.09 bits per heavy atom. The molecule has 0 heterocycles. The van der Waals surface area contributed by atoms with Gasteiger partial charge < -0.3 is 9.47 Å². The molecular formula is C22H20F3NO6S2. The van der Waals surface area contributed by atoms with Crippen LogP contribution in [-0.2, 0) is 32.6 Å². The van der Waals surface area contributed by atoms with Gasteiger partial charge in [-0.25, -0.2) is 21.6 Å². The third-order valence-electron chi connectivity index (χ3n) is 4.86. The number of alkyl halides is 3. The van der Waals surface area contributed by atoms with E-state index < -0.39 is 47.9 Å². The fourth-order valence-electron chi connectivity index (χ4n) is 3.11. The summed E-state index contributed by atoms with van der Waals surface area (Å²) in [4.78, 5) is -1.98. The quantitative estimate of drug-likeness (QED) is 0.486. The van der Waals surface area contributed by atoms with Crippen LogP contribution in [0.5, 0.6) is 11.5 Å². The van der Waals surface area contributed by atoms with Crippen molar-refractivity contribution in [3.8, 4) is 11.5 Å². The summed E-state index contributed by atoms with van der Waals surface area (Å²) in [5.74, 6) is 0.681. The van der Waals surface area contributed by atoms with Gasteiger partial charge in [-0.15, -0.1) is 0 Å². The zero-order chi connectivity index (χ0) is 25.1. The van der Waals surface area contributed by atoms with Crippen molar-refractivity contribution in [1.82, 2.24) is 4.72 Å². The molecule has 1 N–H and O–H groups in total. The molecule has 0 amide bonds. The van der Waals surface area contributed by atoms with Crippen LogP contribution in [0.25, 0.3) is 0 Å². The number of halogens is 3. The molecule has 0 saturated carbocycles. The third kappa shape index (κ3) is 5.34. The molecule has 0 unspecified atom stereocenters. The minimum Gasteiger partial charge on any atom is -0.497 e. The van der Waals surface area contributed by atoms with E-state index >= 15 is 0 Å². The Kier molecular flexibility index (Phi) is 7.24. The van der Waals surface area contributed by atoms with Gasteiger partial charge in [0.1, 0.15) is 11.5 Å². The standard InChI is InChI=1S/C22H20F3NO6S2/c1-31-16-9-8-15(20(12-16)32-2)14-26-34(29,30)21-13-18(10-11-19(21)22(23,24)25)33(27,28)17-6-4-3-5-7-17/h3-13,26H,14H2,1-2H3. The summed E-state index contributed by atoms with van der Waals surface area (Å²) in [6, 6.07) is 13.2.